The van der Waals surface area contributed by atoms with E-state index in [0.717, 1.165) is 6.42 Å². The number of rotatable bonds is 5. The van der Waals surface area contributed by atoms with Gasteiger partial charge in [-0.1, -0.05) is 6.07 Å². The Kier molecular flexibility index (Phi) is 4.47. The lowest BCUT2D eigenvalue weighted by molar-refractivity contribution is -0.384. The highest BCUT2D eigenvalue weighted by atomic mass is 32.1. The molecule has 0 aliphatic heterocycles. The number of nitrogens with zero attached hydrogens (tertiary/aromatic N) is 1. The Hall–Kier alpha value is -2.21. The highest BCUT2D eigenvalue weighted by Crippen LogP contribution is 2.13. The maximum Gasteiger partial charge on any atom is 0.269 e. The molecule has 1 unspecified atom stereocenters. The number of nitro benzene ring substituents is 1. The van der Waals surface area contributed by atoms with Crippen molar-refractivity contribution in [3.63, 3.8) is 0 Å². The minimum Gasteiger partial charge on any atom is -0.349 e. The second-order valence-electron chi connectivity index (χ2n) is 4.46. The van der Waals surface area contributed by atoms with Crippen LogP contribution in [-0.2, 0) is 6.42 Å². The molecular weight excluding hydrogens is 276 g/mol. The summed E-state index contributed by atoms with van der Waals surface area (Å²) in [4.78, 5) is 23.3. The second-order valence-corrected chi connectivity index (χ2v) is 5.49. The van der Waals surface area contributed by atoms with Crippen molar-refractivity contribution in [2.45, 2.75) is 19.4 Å². The third-order valence-electron chi connectivity index (χ3n) is 2.81. The van der Waals surface area contributed by atoms with E-state index in [1.165, 1.54) is 29.1 Å². The monoisotopic (exact) mass is 290 g/mol. The van der Waals surface area contributed by atoms with Crippen LogP contribution in [0.15, 0.2) is 41.8 Å². The first-order valence-electron chi connectivity index (χ1n) is 6.14. The van der Waals surface area contributed by atoms with Crippen LogP contribution in [0, 0.1) is 10.1 Å². The number of nitrogens with one attached hydrogen (secondary N) is 1. The van der Waals surface area contributed by atoms with E-state index in [1.54, 1.807) is 11.3 Å². The molecule has 104 valence electrons. The summed E-state index contributed by atoms with van der Waals surface area (Å²) in [6, 6.07) is 9.61. The molecule has 6 heteroatoms. The molecule has 1 N–H and O–H groups in total. The zero-order valence-electron chi connectivity index (χ0n) is 10.9. The number of hydrogen-bond acceptors (Lipinski definition) is 4. The Morgan fingerprint density at radius 3 is 2.60 bits per heavy atom. The van der Waals surface area contributed by atoms with E-state index in [2.05, 4.69) is 5.32 Å². The maximum atomic E-state index is 12.0. The van der Waals surface area contributed by atoms with Gasteiger partial charge in [0.25, 0.3) is 11.6 Å². The number of non-ortho nitro benzene ring substituents is 1. The number of carbonyl (C=O) groups excluding carboxylic acids is 1. The Balaban J connectivity index is 1.95. The van der Waals surface area contributed by atoms with Gasteiger partial charge in [-0.15, -0.1) is 11.3 Å². The van der Waals surface area contributed by atoms with Crippen molar-refractivity contribution in [1.82, 2.24) is 5.32 Å². The van der Waals surface area contributed by atoms with Crippen molar-refractivity contribution in [1.29, 1.82) is 0 Å². The normalized spacial score (nSPS) is 11.8. The molecule has 0 spiro atoms. The van der Waals surface area contributed by atoms with Crippen LogP contribution < -0.4 is 5.32 Å². The molecular formula is C14H14N2O3S. The predicted molar refractivity (Wildman–Crippen MR) is 78.0 cm³/mol. The van der Waals surface area contributed by atoms with Crippen LogP contribution in [0.4, 0.5) is 5.69 Å². The summed E-state index contributed by atoms with van der Waals surface area (Å²) in [7, 11) is 0. The van der Waals surface area contributed by atoms with Gasteiger partial charge in [-0.2, -0.15) is 0 Å². The van der Waals surface area contributed by atoms with Gasteiger partial charge in [0.2, 0.25) is 0 Å². The minimum atomic E-state index is -0.485. The van der Waals surface area contributed by atoms with E-state index in [9.17, 15) is 14.9 Å². The Morgan fingerprint density at radius 1 is 1.35 bits per heavy atom. The predicted octanol–water partition coefficient (Wildman–Crippen LogP) is 3.02. The number of carbonyl (C=O) groups is 1. The van der Waals surface area contributed by atoms with Crippen molar-refractivity contribution >= 4 is 22.9 Å². The maximum absolute atomic E-state index is 12.0. The molecule has 0 radical (unpaired) electrons. The molecule has 0 bridgehead atoms. The van der Waals surface area contributed by atoms with Crippen LogP contribution in [0.2, 0.25) is 0 Å². The fourth-order valence-corrected chi connectivity index (χ4v) is 2.66. The zero-order valence-corrected chi connectivity index (χ0v) is 11.7. The van der Waals surface area contributed by atoms with Crippen molar-refractivity contribution in [3.8, 4) is 0 Å². The quantitative estimate of drug-likeness (QED) is 0.679. The van der Waals surface area contributed by atoms with E-state index in [4.69, 9.17) is 0 Å². The van der Waals surface area contributed by atoms with Gasteiger partial charge in [0.15, 0.2) is 0 Å². The molecule has 1 aromatic heterocycles. The third-order valence-corrected chi connectivity index (χ3v) is 3.70. The van der Waals surface area contributed by atoms with Crippen molar-refractivity contribution in [3.05, 3.63) is 62.3 Å². The van der Waals surface area contributed by atoms with Gasteiger partial charge < -0.3 is 5.32 Å². The summed E-state index contributed by atoms with van der Waals surface area (Å²) in [5.74, 6) is -0.219. The van der Waals surface area contributed by atoms with Crippen LogP contribution in [-0.4, -0.2) is 16.9 Å². The first kappa shape index (κ1) is 14.2. The molecule has 5 nitrogen and oxygen atoms in total. The molecule has 20 heavy (non-hydrogen) atoms. The summed E-state index contributed by atoms with van der Waals surface area (Å²) >= 11 is 1.65. The van der Waals surface area contributed by atoms with E-state index in [1.807, 2.05) is 24.4 Å². The lowest BCUT2D eigenvalue weighted by Crippen LogP contribution is -2.33. The molecule has 2 aromatic rings. The summed E-state index contributed by atoms with van der Waals surface area (Å²) in [5.41, 5.74) is 0.404. The topological polar surface area (TPSA) is 72.2 Å². The largest absolute Gasteiger partial charge is 0.349 e. The van der Waals surface area contributed by atoms with Gasteiger partial charge in [0, 0.05) is 35.0 Å². The highest BCUT2D eigenvalue weighted by molar-refractivity contribution is 7.09. The molecule has 2 rings (SSSR count). The van der Waals surface area contributed by atoms with Gasteiger partial charge in [0.1, 0.15) is 0 Å². The average Bonchev–Trinajstić information content (AvgIpc) is 2.91. The highest BCUT2D eigenvalue weighted by Gasteiger charge is 2.12. The first-order valence-corrected chi connectivity index (χ1v) is 7.02. The molecule has 0 saturated heterocycles. The minimum absolute atomic E-state index is 0.0105. The number of hydrogen-bond donors (Lipinski definition) is 1. The molecule has 1 amide bonds. The lowest BCUT2D eigenvalue weighted by Gasteiger charge is -2.12. The van der Waals surface area contributed by atoms with E-state index in [0.29, 0.717) is 5.56 Å². The van der Waals surface area contributed by atoms with Crippen LogP contribution in [0.3, 0.4) is 0 Å². The second kappa shape index (κ2) is 6.29. The Morgan fingerprint density at radius 2 is 2.05 bits per heavy atom. The van der Waals surface area contributed by atoms with E-state index in [-0.39, 0.29) is 17.6 Å². The smallest absolute Gasteiger partial charge is 0.269 e. The number of amides is 1. The molecule has 1 atom stereocenters. The zero-order chi connectivity index (χ0) is 14.5. The molecule has 0 saturated carbocycles. The summed E-state index contributed by atoms with van der Waals surface area (Å²) in [5, 5.41) is 15.4. The van der Waals surface area contributed by atoms with Gasteiger partial charge in [-0.05, 0) is 30.5 Å². The van der Waals surface area contributed by atoms with Crippen LogP contribution in [0.1, 0.15) is 22.2 Å². The van der Waals surface area contributed by atoms with E-state index >= 15 is 0 Å². The fraction of sp³-hybridized carbons (Fsp3) is 0.214. The van der Waals surface area contributed by atoms with Crippen LogP contribution in [0.25, 0.3) is 0 Å². The van der Waals surface area contributed by atoms with Crippen molar-refractivity contribution in [2.24, 2.45) is 0 Å². The van der Waals surface area contributed by atoms with Crippen molar-refractivity contribution in [2.75, 3.05) is 0 Å². The van der Waals surface area contributed by atoms with Gasteiger partial charge in [-0.25, -0.2) is 0 Å². The number of thiophene rings is 1. The Bertz CT molecular complexity index is 593. The summed E-state index contributed by atoms with van der Waals surface area (Å²) in [6.07, 6.45) is 0.774. The summed E-state index contributed by atoms with van der Waals surface area (Å²) < 4.78 is 0. The Labute approximate surface area is 120 Å². The molecule has 1 aromatic carbocycles. The van der Waals surface area contributed by atoms with Crippen LogP contribution in [0.5, 0.6) is 0 Å². The SMILES string of the molecule is CC(Cc1cccs1)NC(=O)c1ccc([N+](=O)[O-])cc1. The van der Waals surface area contributed by atoms with Crippen molar-refractivity contribution < 1.29 is 9.72 Å². The summed E-state index contributed by atoms with van der Waals surface area (Å²) in [6.45, 7) is 1.93. The molecule has 0 aliphatic rings. The van der Waals surface area contributed by atoms with Gasteiger partial charge in [0.05, 0.1) is 4.92 Å². The molecule has 1 heterocycles. The van der Waals surface area contributed by atoms with E-state index < -0.39 is 4.92 Å². The third kappa shape index (κ3) is 3.64. The number of nitro groups is 1. The molecule has 0 fully saturated rings. The number of benzene rings is 1. The van der Waals surface area contributed by atoms with Crippen LogP contribution >= 0.6 is 11.3 Å². The fourth-order valence-electron chi connectivity index (χ4n) is 1.82. The van der Waals surface area contributed by atoms with Gasteiger partial charge >= 0.3 is 0 Å². The average molecular weight is 290 g/mol. The molecule has 0 aliphatic carbocycles. The standard InChI is InChI=1S/C14H14N2O3S/c1-10(9-13-3-2-8-20-13)15-14(17)11-4-6-12(7-5-11)16(18)19/h2-8,10H,9H2,1H3,(H,15,17). The lowest BCUT2D eigenvalue weighted by atomic mass is 10.1. The first-order chi connectivity index (χ1) is 9.56. The van der Waals surface area contributed by atoms with Gasteiger partial charge in [-0.3, -0.25) is 14.9 Å².